The van der Waals surface area contributed by atoms with E-state index in [1.807, 2.05) is 13.8 Å². The predicted molar refractivity (Wildman–Crippen MR) is 85.5 cm³/mol. The molecular weight excluding hydrogens is 266 g/mol. The first kappa shape index (κ1) is 18.4. The van der Waals surface area contributed by atoms with Crippen LogP contribution in [-0.4, -0.2) is 35.4 Å². The number of unbranched alkanes of at least 4 members (excludes halogenated alkanes) is 1. The summed E-state index contributed by atoms with van der Waals surface area (Å²) in [6.45, 7) is 8.81. The SMILES string of the molecule is CC1CCC(OCCCCC(C)(NC(C)C)C(=O)O)CC1. The van der Waals surface area contributed by atoms with Crippen LogP contribution in [0.5, 0.6) is 0 Å². The summed E-state index contributed by atoms with van der Waals surface area (Å²) in [6, 6.07) is 0.173. The van der Waals surface area contributed by atoms with E-state index in [0.717, 1.165) is 25.4 Å². The number of ether oxygens (including phenoxy) is 1. The second kappa shape index (κ2) is 8.74. The standard InChI is InChI=1S/C17H33NO3/c1-13(2)18-17(4,16(19)20)11-5-6-12-21-15-9-7-14(3)8-10-15/h13-15,18H,5-12H2,1-4H3,(H,19,20). The van der Waals surface area contributed by atoms with Crippen molar-refractivity contribution in [2.45, 2.75) is 90.3 Å². The molecule has 0 aromatic carbocycles. The summed E-state index contributed by atoms with van der Waals surface area (Å²) in [4.78, 5) is 11.4. The van der Waals surface area contributed by atoms with Crippen LogP contribution >= 0.6 is 0 Å². The quantitative estimate of drug-likeness (QED) is 0.639. The lowest BCUT2D eigenvalue weighted by Gasteiger charge is -2.29. The second-order valence-electron chi connectivity index (χ2n) is 7.15. The molecule has 1 rings (SSSR count). The van der Waals surface area contributed by atoms with Crippen molar-refractivity contribution in [3.05, 3.63) is 0 Å². The van der Waals surface area contributed by atoms with Gasteiger partial charge in [0, 0.05) is 12.6 Å². The molecule has 1 aliphatic carbocycles. The maximum Gasteiger partial charge on any atom is 0.323 e. The molecule has 0 bridgehead atoms. The third-order valence-corrected chi connectivity index (χ3v) is 4.47. The minimum Gasteiger partial charge on any atom is -0.480 e. The van der Waals surface area contributed by atoms with Crippen molar-refractivity contribution in [1.29, 1.82) is 0 Å². The molecule has 21 heavy (non-hydrogen) atoms. The number of carboxylic acid groups (broad SMARTS) is 1. The van der Waals surface area contributed by atoms with Crippen molar-refractivity contribution >= 4 is 5.97 Å². The molecule has 1 atom stereocenters. The number of aliphatic carboxylic acids is 1. The van der Waals surface area contributed by atoms with E-state index in [0.29, 0.717) is 12.5 Å². The molecule has 0 heterocycles. The van der Waals surface area contributed by atoms with E-state index in [4.69, 9.17) is 4.74 Å². The fourth-order valence-electron chi connectivity index (χ4n) is 3.10. The first-order chi connectivity index (χ1) is 9.83. The van der Waals surface area contributed by atoms with Crippen LogP contribution in [0.2, 0.25) is 0 Å². The summed E-state index contributed by atoms with van der Waals surface area (Å²) < 4.78 is 5.92. The van der Waals surface area contributed by atoms with Crippen molar-refractivity contribution in [2.24, 2.45) is 5.92 Å². The van der Waals surface area contributed by atoms with Gasteiger partial charge in [-0.2, -0.15) is 0 Å². The molecule has 1 saturated carbocycles. The van der Waals surface area contributed by atoms with Crippen LogP contribution in [0, 0.1) is 5.92 Å². The molecule has 0 aromatic heterocycles. The third kappa shape index (κ3) is 6.79. The molecule has 2 N–H and O–H groups in total. The summed E-state index contributed by atoms with van der Waals surface area (Å²) in [5, 5.41) is 12.5. The zero-order valence-corrected chi connectivity index (χ0v) is 14.2. The van der Waals surface area contributed by atoms with Crippen LogP contribution in [0.3, 0.4) is 0 Å². The largest absolute Gasteiger partial charge is 0.480 e. The van der Waals surface area contributed by atoms with E-state index in [9.17, 15) is 9.90 Å². The number of nitrogens with one attached hydrogen (secondary N) is 1. The van der Waals surface area contributed by atoms with Crippen LogP contribution in [0.15, 0.2) is 0 Å². The lowest BCUT2D eigenvalue weighted by molar-refractivity contribution is -0.144. The molecule has 1 unspecified atom stereocenters. The molecule has 1 fully saturated rings. The van der Waals surface area contributed by atoms with Gasteiger partial charge >= 0.3 is 5.97 Å². The van der Waals surface area contributed by atoms with E-state index in [1.54, 1.807) is 6.92 Å². The highest BCUT2D eigenvalue weighted by Crippen LogP contribution is 2.25. The van der Waals surface area contributed by atoms with Crippen molar-refractivity contribution in [3.8, 4) is 0 Å². The van der Waals surface area contributed by atoms with Crippen LogP contribution in [0.4, 0.5) is 0 Å². The van der Waals surface area contributed by atoms with Gasteiger partial charge in [0.25, 0.3) is 0 Å². The minimum absolute atomic E-state index is 0.173. The Morgan fingerprint density at radius 1 is 1.29 bits per heavy atom. The van der Waals surface area contributed by atoms with Gasteiger partial charge < -0.3 is 9.84 Å². The average Bonchev–Trinajstić information content (AvgIpc) is 2.39. The van der Waals surface area contributed by atoms with E-state index >= 15 is 0 Å². The summed E-state index contributed by atoms with van der Waals surface area (Å²) in [5.74, 6) is 0.0848. The number of hydrogen-bond acceptors (Lipinski definition) is 3. The second-order valence-corrected chi connectivity index (χ2v) is 7.15. The molecule has 0 saturated heterocycles. The summed E-state index contributed by atoms with van der Waals surface area (Å²) in [5.41, 5.74) is -0.825. The van der Waals surface area contributed by atoms with Gasteiger partial charge in [-0.25, -0.2) is 0 Å². The Balaban J connectivity index is 2.18. The van der Waals surface area contributed by atoms with E-state index in [2.05, 4.69) is 12.2 Å². The summed E-state index contributed by atoms with van der Waals surface area (Å²) in [7, 11) is 0. The topological polar surface area (TPSA) is 58.6 Å². The zero-order chi connectivity index (χ0) is 15.9. The van der Waals surface area contributed by atoms with E-state index < -0.39 is 11.5 Å². The Bertz CT molecular complexity index is 311. The van der Waals surface area contributed by atoms with Crippen molar-refractivity contribution in [2.75, 3.05) is 6.61 Å². The lowest BCUT2D eigenvalue weighted by atomic mass is 9.89. The van der Waals surface area contributed by atoms with Gasteiger partial charge in [0.2, 0.25) is 0 Å². The van der Waals surface area contributed by atoms with Crippen LogP contribution in [0.25, 0.3) is 0 Å². The lowest BCUT2D eigenvalue weighted by Crippen LogP contribution is -2.52. The van der Waals surface area contributed by atoms with Gasteiger partial charge in [0.05, 0.1) is 6.10 Å². The van der Waals surface area contributed by atoms with Gasteiger partial charge in [0.15, 0.2) is 0 Å². The molecule has 1 aliphatic rings. The van der Waals surface area contributed by atoms with Crippen molar-refractivity contribution < 1.29 is 14.6 Å². The third-order valence-electron chi connectivity index (χ3n) is 4.47. The molecule has 0 amide bonds. The molecular formula is C17H33NO3. The van der Waals surface area contributed by atoms with E-state index in [1.165, 1.54) is 25.7 Å². The summed E-state index contributed by atoms with van der Waals surface area (Å²) in [6.07, 6.45) is 7.82. The average molecular weight is 299 g/mol. The normalized spacial score (nSPS) is 25.8. The zero-order valence-electron chi connectivity index (χ0n) is 14.2. The first-order valence-electron chi connectivity index (χ1n) is 8.46. The number of hydrogen-bond donors (Lipinski definition) is 2. The van der Waals surface area contributed by atoms with Gasteiger partial charge in [-0.1, -0.05) is 6.92 Å². The number of rotatable bonds is 9. The smallest absolute Gasteiger partial charge is 0.323 e. The molecule has 4 heteroatoms. The van der Waals surface area contributed by atoms with E-state index in [-0.39, 0.29) is 6.04 Å². The van der Waals surface area contributed by atoms with Crippen molar-refractivity contribution in [3.63, 3.8) is 0 Å². The molecule has 0 aromatic rings. The Morgan fingerprint density at radius 3 is 2.43 bits per heavy atom. The van der Waals surface area contributed by atoms with Crippen LogP contribution < -0.4 is 5.32 Å². The predicted octanol–water partition coefficient (Wildman–Crippen LogP) is 3.59. The minimum atomic E-state index is -0.825. The maximum absolute atomic E-state index is 11.4. The number of carboxylic acids is 1. The molecule has 0 spiro atoms. The monoisotopic (exact) mass is 299 g/mol. The molecule has 0 aliphatic heterocycles. The van der Waals surface area contributed by atoms with Gasteiger partial charge in [-0.3, -0.25) is 10.1 Å². The fourth-order valence-corrected chi connectivity index (χ4v) is 3.10. The first-order valence-corrected chi connectivity index (χ1v) is 8.46. The summed E-state index contributed by atoms with van der Waals surface area (Å²) >= 11 is 0. The number of carbonyl (C=O) groups is 1. The highest BCUT2D eigenvalue weighted by atomic mass is 16.5. The van der Waals surface area contributed by atoms with Gasteiger partial charge in [-0.15, -0.1) is 0 Å². The highest BCUT2D eigenvalue weighted by Gasteiger charge is 2.32. The fraction of sp³-hybridized carbons (Fsp3) is 0.941. The Kier molecular flexibility index (Phi) is 7.67. The van der Waals surface area contributed by atoms with Gasteiger partial charge in [-0.05, 0) is 71.6 Å². The molecule has 0 radical (unpaired) electrons. The Labute approximate surface area is 129 Å². The highest BCUT2D eigenvalue weighted by molar-refractivity contribution is 5.78. The molecule has 124 valence electrons. The van der Waals surface area contributed by atoms with Gasteiger partial charge in [0.1, 0.15) is 5.54 Å². The maximum atomic E-state index is 11.4. The molecule has 4 nitrogen and oxygen atoms in total. The Hall–Kier alpha value is -0.610. The van der Waals surface area contributed by atoms with Crippen molar-refractivity contribution in [1.82, 2.24) is 5.32 Å². The Morgan fingerprint density at radius 2 is 1.90 bits per heavy atom. The van der Waals surface area contributed by atoms with Crippen LogP contribution in [0.1, 0.15) is 72.6 Å². The van der Waals surface area contributed by atoms with Crippen LogP contribution in [-0.2, 0) is 9.53 Å².